The van der Waals surface area contributed by atoms with E-state index in [1.807, 2.05) is 30.3 Å². The van der Waals surface area contributed by atoms with Gasteiger partial charge in [0, 0.05) is 12.5 Å². The van der Waals surface area contributed by atoms with Gasteiger partial charge >= 0.3 is 6.03 Å². The molecular formula is C18H24N2O4S. The maximum atomic E-state index is 12.4. The number of rotatable bonds is 6. The first-order chi connectivity index (χ1) is 12.0. The van der Waals surface area contributed by atoms with Crippen LogP contribution in [0.5, 0.6) is 0 Å². The highest BCUT2D eigenvalue weighted by Crippen LogP contribution is 2.38. The number of allylic oxidation sites excluding steroid dienone is 1. The van der Waals surface area contributed by atoms with Crippen molar-refractivity contribution in [3.63, 3.8) is 0 Å². The van der Waals surface area contributed by atoms with Gasteiger partial charge in [-0.1, -0.05) is 37.3 Å². The van der Waals surface area contributed by atoms with Crippen molar-refractivity contribution in [1.29, 1.82) is 0 Å². The number of amides is 2. The fourth-order valence-electron chi connectivity index (χ4n) is 3.51. The molecule has 2 fully saturated rings. The molecule has 0 aliphatic carbocycles. The van der Waals surface area contributed by atoms with Crippen molar-refractivity contribution in [3.8, 4) is 0 Å². The van der Waals surface area contributed by atoms with Crippen molar-refractivity contribution in [1.82, 2.24) is 10.0 Å². The van der Waals surface area contributed by atoms with Gasteiger partial charge in [0.2, 0.25) is 0 Å². The molecule has 7 heteroatoms. The SMILES string of the molecule is CC/C(=C\c1ccccc1)S(=O)(=O)NC(=O)NCC1CC2CCC1O2. The van der Waals surface area contributed by atoms with Gasteiger partial charge in [-0.05, 0) is 37.3 Å². The van der Waals surface area contributed by atoms with Crippen molar-refractivity contribution < 1.29 is 17.9 Å². The standard InChI is InChI=1S/C18H24N2O4S/c1-2-16(10-13-6-4-3-5-7-13)25(22,23)20-18(21)19-12-14-11-15-8-9-17(14)24-15/h3-7,10,14-15,17H,2,8-9,11-12H2,1H3,(H2,19,20,21)/b16-10+. The molecule has 0 spiro atoms. The van der Waals surface area contributed by atoms with Crippen LogP contribution >= 0.6 is 0 Å². The molecule has 6 nitrogen and oxygen atoms in total. The van der Waals surface area contributed by atoms with Gasteiger partial charge in [0.05, 0.1) is 17.1 Å². The molecule has 3 atom stereocenters. The van der Waals surface area contributed by atoms with E-state index < -0.39 is 16.1 Å². The minimum Gasteiger partial charge on any atom is -0.375 e. The van der Waals surface area contributed by atoms with E-state index in [-0.39, 0.29) is 16.9 Å². The van der Waals surface area contributed by atoms with E-state index >= 15 is 0 Å². The summed E-state index contributed by atoms with van der Waals surface area (Å²) >= 11 is 0. The molecule has 3 rings (SSSR count). The maximum Gasteiger partial charge on any atom is 0.328 e. The van der Waals surface area contributed by atoms with Gasteiger partial charge in [-0.3, -0.25) is 0 Å². The summed E-state index contributed by atoms with van der Waals surface area (Å²) in [5.41, 5.74) is 0.782. The predicted octanol–water partition coefficient (Wildman–Crippen LogP) is 2.63. The molecule has 0 aromatic heterocycles. The van der Waals surface area contributed by atoms with Gasteiger partial charge in [-0.2, -0.15) is 0 Å². The summed E-state index contributed by atoms with van der Waals surface area (Å²) in [6.45, 7) is 2.19. The number of hydrogen-bond acceptors (Lipinski definition) is 4. The summed E-state index contributed by atoms with van der Waals surface area (Å²) in [7, 11) is -3.86. The largest absolute Gasteiger partial charge is 0.375 e. The average molecular weight is 364 g/mol. The molecule has 1 aromatic carbocycles. The Bertz CT molecular complexity index is 746. The van der Waals surface area contributed by atoms with Gasteiger partial charge in [0.1, 0.15) is 0 Å². The van der Waals surface area contributed by atoms with Gasteiger partial charge < -0.3 is 10.1 Å². The maximum absolute atomic E-state index is 12.4. The molecule has 0 saturated carbocycles. The van der Waals surface area contributed by atoms with E-state index in [1.165, 1.54) is 0 Å². The number of ether oxygens (including phenoxy) is 1. The topological polar surface area (TPSA) is 84.5 Å². The van der Waals surface area contributed by atoms with Crippen LogP contribution in [-0.4, -0.2) is 33.2 Å². The number of carbonyl (C=O) groups excluding carboxylic acids is 1. The van der Waals surface area contributed by atoms with Crippen LogP contribution in [0.1, 0.15) is 38.2 Å². The van der Waals surface area contributed by atoms with Gasteiger partial charge in [0.25, 0.3) is 10.0 Å². The van der Waals surface area contributed by atoms with Crippen molar-refractivity contribution in [2.24, 2.45) is 5.92 Å². The first-order valence-electron chi connectivity index (χ1n) is 8.69. The van der Waals surface area contributed by atoms with Crippen LogP contribution in [-0.2, 0) is 14.8 Å². The summed E-state index contributed by atoms with van der Waals surface area (Å²) in [5.74, 6) is 0.276. The Morgan fingerprint density at radius 2 is 2.04 bits per heavy atom. The molecule has 2 aliphatic rings. The van der Waals surface area contributed by atoms with Crippen LogP contribution in [0.4, 0.5) is 4.79 Å². The summed E-state index contributed by atoms with van der Waals surface area (Å²) < 4.78 is 32.7. The average Bonchev–Trinajstić information content (AvgIpc) is 3.21. The van der Waals surface area contributed by atoms with Crippen LogP contribution in [0, 0.1) is 5.92 Å². The Balaban J connectivity index is 1.57. The third-order valence-electron chi connectivity index (χ3n) is 4.80. The summed E-state index contributed by atoms with van der Waals surface area (Å²) in [6, 6.07) is 8.49. The summed E-state index contributed by atoms with van der Waals surface area (Å²) in [6.07, 6.45) is 5.45. The molecule has 1 aromatic rings. The molecule has 25 heavy (non-hydrogen) atoms. The van der Waals surface area contributed by atoms with E-state index in [1.54, 1.807) is 13.0 Å². The highest BCUT2D eigenvalue weighted by Gasteiger charge is 2.40. The third kappa shape index (κ3) is 4.41. The number of fused-ring (bicyclic) bond motifs is 2. The fraction of sp³-hybridized carbons (Fsp3) is 0.500. The number of urea groups is 1. The van der Waals surface area contributed by atoms with Crippen molar-refractivity contribution in [3.05, 3.63) is 40.8 Å². The Morgan fingerprint density at radius 1 is 1.28 bits per heavy atom. The number of benzene rings is 1. The van der Waals surface area contributed by atoms with Crippen LogP contribution in [0.3, 0.4) is 0 Å². The Labute approximate surface area is 148 Å². The second kappa shape index (κ2) is 7.58. The number of carbonyl (C=O) groups is 1. The second-order valence-corrected chi connectivity index (χ2v) is 8.30. The molecule has 2 bridgehead atoms. The van der Waals surface area contributed by atoms with Gasteiger partial charge in [0.15, 0.2) is 0 Å². The fourth-order valence-corrected chi connectivity index (χ4v) is 4.63. The lowest BCUT2D eigenvalue weighted by Gasteiger charge is -2.19. The zero-order chi connectivity index (χ0) is 17.9. The number of nitrogens with one attached hydrogen (secondary N) is 2. The highest BCUT2D eigenvalue weighted by molar-refractivity contribution is 7.94. The van der Waals surface area contributed by atoms with E-state index in [4.69, 9.17) is 4.74 Å². The Kier molecular flexibility index (Phi) is 5.44. The zero-order valence-corrected chi connectivity index (χ0v) is 15.1. The highest BCUT2D eigenvalue weighted by atomic mass is 32.2. The minimum absolute atomic E-state index is 0.178. The van der Waals surface area contributed by atoms with E-state index in [9.17, 15) is 13.2 Å². The van der Waals surface area contributed by atoms with Crippen LogP contribution in [0.2, 0.25) is 0 Å². The smallest absolute Gasteiger partial charge is 0.328 e. The molecule has 2 saturated heterocycles. The number of hydrogen-bond donors (Lipinski definition) is 2. The first-order valence-corrected chi connectivity index (χ1v) is 10.2. The third-order valence-corrected chi connectivity index (χ3v) is 6.36. The molecule has 3 unspecified atom stereocenters. The summed E-state index contributed by atoms with van der Waals surface area (Å²) in [4.78, 5) is 12.2. The van der Waals surface area contributed by atoms with E-state index in [2.05, 4.69) is 10.0 Å². The van der Waals surface area contributed by atoms with Crippen molar-refractivity contribution in [2.75, 3.05) is 6.54 Å². The second-order valence-electron chi connectivity index (χ2n) is 6.56. The van der Waals surface area contributed by atoms with E-state index in [0.717, 1.165) is 24.8 Å². The minimum atomic E-state index is -3.86. The molecule has 136 valence electrons. The predicted molar refractivity (Wildman–Crippen MR) is 96.2 cm³/mol. The molecule has 2 amide bonds. The Morgan fingerprint density at radius 3 is 2.64 bits per heavy atom. The molecule has 0 radical (unpaired) electrons. The summed E-state index contributed by atoms with van der Waals surface area (Å²) in [5, 5.41) is 2.67. The Hall–Kier alpha value is -1.86. The lowest BCUT2D eigenvalue weighted by Crippen LogP contribution is -2.43. The molecular weight excluding hydrogens is 340 g/mol. The quantitative estimate of drug-likeness (QED) is 0.813. The van der Waals surface area contributed by atoms with Gasteiger partial charge in [-0.25, -0.2) is 17.9 Å². The van der Waals surface area contributed by atoms with E-state index in [0.29, 0.717) is 19.1 Å². The number of sulfonamides is 1. The van der Waals surface area contributed by atoms with Crippen LogP contribution in [0.15, 0.2) is 35.2 Å². The lowest BCUT2D eigenvalue weighted by molar-refractivity contribution is 0.0928. The molecule has 2 aliphatic heterocycles. The monoisotopic (exact) mass is 364 g/mol. The van der Waals surface area contributed by atoms with Crippen molar-refractivity contribution >= 4 is 22.1 Å². The van der Waals surface area contributed by atoms with Crippen LogP contribution in [0.25, 0.3) is 6.08 Å². The lowest BCUT2D eigenvalue weighted by atomic mass is 9.89. The zero-order valence-electron chi connectivity index (χ0n) is 14.3. The molecule has 2 heterocycles. The van der Waals surface area contributed by atoms with Crippen molar-refractivity contribution in [2.45, 2.75) is 44.8 Å². The first kappa shape index (κ1) is 17.9. The normalized spacial score (nSPS) is 25.8. The van der Waals surface area contributed by atoms with Gasteiger partial charge in [-0.15, -0.1) is 0 Å². The van der Waals surface area contributed by atoms with Crippen LogP contribution < -0.4 is 10.0 Å². The molecule has 2 N–H and O–H groups in total.